The normalized spacial score (nSPS) is 29.8. The fourth-order valence-corrected chi connectivity index (χ4v) is 3.90. The molecule has 1 N–H and O–H groups in total. The molecule has 2 aliphatic rings. The standard InChI is InChI=1S/C14H22N4O2/c1-2-18-13(15-9-16-18)8-17-11-3-4-12(17)6-10(5-11)7-14(19)20/h9-12H,2-8H2,1H3,(H,19,20). The molecule has 0 aliphatic carbocycles. The summed E-state index contributed by atoms with van der Waals surface area (Å²) < 4.78 is 1.95. The number of hydrogen-bond acceptors (Lipinski definition) is 4. The lowest BCUT2D eigenvalue weighted by molar-refractivity contribution is -0.138. The van der Waals surface area contributed by atoms with Crippen LogP contribution in [0.3, 0.4) is 0 Å². The summed E-state index contributed by atoms with van der Waals surface area (Å²) in [5.74, 6) is 0.722. The van der Waals surface area contributed by atoms with E-state index < -0.39 is 5.97 Å². The highest BCUT2D eigenvalue weighted by Gasteiger charge is 2.41. The minimum atomic E-state index is -0.659. The molecule has 3 rings (SSSR count). The van der Waals surface area contributed by atoms with Crippen LogP contribution in [-0.2, 0) is 17.9 Å². The molecule has 1 aromatic rings. The van der Waals surface area contributed by atoms with Gasteiger partial charge in [0, 0.05) is 25.0 Å². The zero-order valence-electron chi connectivity index (χ0n) is 11.9. The molecule has 6 heteroatoms. The van der Waals surface area contributed by atoms with Crippen LogP contribution in [0, 0.1) is 5.92 Å². The van der Waals surface area contributed by atoms with Crippen molar-refractivity contribution in [1.82, 2.24) is 19.7 Å². The second kappa shape index (κ2) is 5.52. The second-order valence-electron chi connectivity index (χ2n) is 5.98. The molecule has 6 nitrogen and oxygen atoms in total. The molecule has 0 aromatic carbocycles. The van der Waals surface area contributed by atoms with Gasteiger partial charge in [-0.05, 0) is 38.5 Å². The summed E-state index contributed by atoms with van der Waals surface area (Å²) in [6.45, 7) is 3.77. The second-order valence-corrected chi connectivity index (χ2v) is 5.98. The van der Waals surface area contributed by atoms with Crippen LogP contribution in [0.5, 0.6) is 0 Å². The molecule has 110 valence electrons. The summed E-state index contributed by atoms with van der Waals surface area (Å²) in [7, 11) is 0. The number of fused-ring (bicyclic) bond motifs is 2. The minimum Gasteiger partial charge on any atom is -0.481 e. The molecule has 0 spiro atoms. The maximum Gasteiger partial charge on any atom is 0.303 e. The highest BCUT2D eigenvalue weighted by molar-refractivity contribution is 5.67. The van der Waals surface area contributed by atoms with Crippen LogP contribution in [0.1, 0.15) is 44.9 Å². The summed E-state index contributed by atoms with van der Waals surface area (Å²) in [5, 5.41) is 13.2. The lowest BCUT2D eigenvalue weighted by Gasteiger charge is -2.38. The van der Waals surface area contributed by atoms with Gasteiger partial charge in [-0.3, -0.25) is 9.69 Å². The van der Waals surface area contributed by atoms with Gasteiger partial charge in [0.25, 0.3) is 0 Å². The number of carboxylic acids is 1. The molecule has 2 unspecified atom stereocenters. The van der Waals surface area contributed by atoms with Crippen molar-refractivity contribution >= 4 is 5.97 Å². The third-order valence-corrected chi connectivity index (χ3v) is 4.76. The first-order valence-electron chi connectivity index (χ1n) is 7.51. The van der Waals surface area contributed by atoms with Crippen molar-refractivity contribution < 1.29 is 9.90 Å². The first kappa shape index (κ1) is 13.5. The van der Waals surface area contributed by atoms with Crippen molar-refractivity contribution in [2.75, 3.05) is 0 Å². The Morgan fingerprint density at radius 2 is 2.10 bits per heavy atom. The van der Waals surface area contributed by atoms with Crippen LogP contribution in [0.4, 0.5) is 0 Å². The largest absolute Gasteiger partial charge is 0.481 e. The molecule has 2 bridgehead atoms. The Labute approximate surface area is 118 Å². The van der Waals surface area contributed by atoms with Gasteiger partial charge in [0.05, 0.1) is 6.54 Å². The van der Waals surface area contributed by atoms with E-state index >= 15 is 0 Å². The number of aromatic nitrogens is 3. The van der Waals surface area contributed by atoms with E-state index in [2.05, 4.69) is 21.9 Å². The highest BCUT2D eigenvalue weighted by Crippen LogP contribution is 2.40. The average molecular weight is 278 g/mol. The van der Waals surface area contributed by atoms with Crippen molar-refractivity contribution in [2.24, 2.45) is 5.92 Å². The number of carboxylic acid groups (broad SMARTS) is 1. The van der Waals surface area contributed by atoms with Gasteiger partial charge in [-0.2, -0.15) is 5.10 Å². The number of aryl methyl sites for hydroxylation is 1. The molecule has 1 aromatic heterocycles. The van der Waals surface area contributed by atoms with E-state index in [4.69, 9.17) is 5.11 Å². The molecule has 2 saturated heterocycles. The molecular formula is C14H22N4O2. The summed E-state index contributed by atoms with van der Waals surface area (Å²) in [6.07, 6.45) is 6.37. The number of carbonyl (C=O) groups is 1. The minimum absolute atomic E-state index is 0.325. The van der Waals surface area contributed by atoms with E-state index in [1.54, 1.807) is 6.33 Å². The molecule has 2 aliphatic heterocycles. The Balaban J connectivity index is 1.66. The van der Waals surface area contributed by atoms with E-state index in [0.29, 0.717) is 24.4 Å². The van der Waals surface area contributed by atoms with Crippen molar-refractivity contribution in [2.45, 2.75) is 64.2 Å². The maximum atomic E-state index is 10.9. The van der Waals surface area contributed by atoms with E-state index in [-0.39, 0.29) is 0 Å². The van der Waals surface area contributed by atoms with Crippen molar-refractivity contribution in [3.63, 3.8) is 0 Å². The van der Waals surface area contributed by atoms with Gasteiger partial charge in [-0.25, -0.2) is 9.67 Å². The van der Waals surface area contributed by atoms with Crippen molar-refractivity contribution in [3.8, 4) is 0 Å². The van der Waals surface area contributed by atoms with Crippen molar-refractivity contribution in [1.29, 1.82) is 0 Å². The molecular weight excluding hydrogens is 256 g/mol. The quantitative estimate of drug-likeness (QED) is 0.884. The molecule has 3 heterocycles. The highest BCUT2D eigenvalue weighted by atomic mass is 16.4. The Hall–Kier alpha value is -1.43. The van der Waals surface area contributed by atoms with Gasteiger partial charge in [-0.1, -0.05) is 0 Å². The van der Waals surface area contributed by atoms with Crippen LogP contribution in [0.2, 0.25) is 0 Å². The SMILES string of the molecule is CCn1ncnc1CN1C2CCC1CC(CC(=O)O)C2. The van der Waals surface area contributed by atoms with Crippen molar-refractivity contribution in [3.05, 3.63) is 12.2 Å². The first-order valence-corrected chi connectivity index (χ1v) is 7.51. The first-order chi connectivity index (χ1) is 9.67. The fraction of sp³-hybridized carbons (Fsp3) is 0.786. The zero-order chi connectivity index (χ0) is 14.1. The van der Waals surface area contributed by atoms with E-state index in [1.807, 2.05) is 4.68 Å². The van der Waals surface area contributed by atoms with Gasteiger partial charge in [0.1, 0.15) is 12.2 Å². The summed E-state index contributed by atoms with van der Waals surface area (Å²) in [6, 6.07) is 1.06. The average Bonchev–Trinajstić information content (AvgIpc) is 2.93. The van der Waals surface area contributed by atoms with Gasteiger partial charge < -0.3 is 5.11 Å². The molecule has 20 heavy (non-hydrogen) atoms. The predicted octanol–water partition coefficient (Wildman–Crippen LogP) is 1.52. The van der Waals surface area contributed by atoms with E-state index in [0.717, 1.165) is 31.8 Å². The topological polar surface area (TPSA) is 71.2 Å². The van der Waals surface area contributed by atoms with E-state index in [1.165, 1.54) is 12.8 Å². The van der Waals surface area contributed by atoms with Gasteiger partial charge >= 0.3 is 5.97 Å². The van der Waals surface area contributed by atoms with Gasteiger partial charge in [0.2, 0.25) is 0 Å². The third kappa shape index (κ3) is 2.57. The molecule has 0 saturated carbocycles. The number of rotatable bonds is 5. The smallest absolute Gasteiger partial charge is 0.303 e. The number of aliphatic carboxylic acids is 1. The van der Waals surface area contributed by atoms with Crippen LogP contribution in [0.15, 0.2) is 6.33 Å². The van der Waals surface area contributed by atoms with E-state index in [9.17, 15) is 4.79 Å². The Morgan fingerprint density at radius 3 is 2.70 bits per heavy atom. The number of hydrogen-bond donors (Lipinski definition) is 1. The monoisotopic (exact) mass is 278 g/mol. The van der Waals surface area contributed by atoms with Crippen LogP contribution < -0.4 is 0 Å². The molecule has 2 fully saturated rings. The van der Waals surface area contributed by atoms with Crippen LogP contribution in [-0.4, -0.2) is 42.8 Å². The lowest BCUT2D eigenvalue weighted by atomic mass is 9.88. The lowest BCUT2D eigenvalue weighted by Crippen LogP contribution is -2.43. The predicted molar refractivity (Wildman–Crippen MR) is 73.0 cm³/mol. The molecule has 0 amide bonds. The fourth-order valence-electron chi connectivity index (χ4n) is 3.90. The van der Waals surface area contributed by atoms with Crippen LogP contribution in [0.25, 0.3) is 0 Å². The molecule has 0 radical (unpaired) electrons. The summed E-state index contributed by atoms with van der Waals surface area (Å²) in [4.78, 5) is 17.8. The molecule has 2 atom stereocenters. The maximum absolute atomic E-state index is 10.9. The van der Waals surface area contributed by atoms with Gasteiger partial charge in [-0.15, -0.1) is 0 Å². The summed E-state index contributed by atoms with van der Waals surface area (Å²) >= 11 is 0. The van der Waals surface area contributed by atoms with Crippen LogP contribution >= 0.6 is 0 Å². The Kier molecular flexibility index (Phi) is 3.74. The summed E-state index contributed by atoms with van der Waals surface area (Å²) in [5.41, 5.74) is 0. The Bertz CT molecular complexity index is 473. The third-order valence-electron chi connectivity index (χ3n) is 4.76. The Morgan fingerprint density at radius 1 is 1.40 bits per heavy atom. The number of piperidine rings is 1. The zero-order valence-corrected chi connectivity index (χ0v) is 11.9. The van der Waals surface area contributed by atoms with Gasteiger partial charge in [0.15, 0.2) is 0 Å². The number of nitrogens with zero attached hydrogens (tertiary/aromatic N) is 4.